The van der Waals surface area contributed by atoms with Crippen LogP contribution in [0.5, 0.6) is 0 Å². The molecule has 1 aliphatic heterocycles. The van der Waals surface area contributed by atoms with E-state index in [2.05, 4.69) is 4.72 Å². The van der Waals surface area contributed by atoms with Gasteiger partial charge in [0.1, 0.15) is 4.90 Å². The van der Waals surface area contributed by atoms with Crippen molar-refractivity contribution >= 4 is 21.6 Å². The molecule has 0 saturated carbocycles. The number of benzene rings is 1. The molecule has 1 heterocycles. The van der Waals surface area contributed by atoms with Gasteiger partial charge < -0.3 is 4.74 Å². The van der Waals surface area contributed by atoms with Gasteiger partial charge in [0.2, 0.25) is 10.0 Å². The summed E-state index contributed by atoms with van der Waals surface area (Å²) in [6, 6.07) is 6.46. The van der Waals surface area contributed by atoms with Crippen molar-refractivity contribution in [3.05, 3.63) is 29.3 Å². The van der Waals surface area contributed by atoms with Crippen LogP contribution >= 0.6 is 11.6 Å². The highest BCUT2D eigenvalue weighted by molar-refractivity contribution is 7.89. The maximum atomic E-state index is 12.2. The summed E-state index contributed by atoms with van der Waals surface area (Å²) in [6.45, 7) is 3.13. The van der Waals surface area contributed by atoms with Crippen LogP contribution < -0.4 is 4.72 Å². The summed E-state index contributed by atoms with van der Waals surface area (Å²) in [7, 11) is -3.53. The molecule has 0 bridgehead atoms. The first-order valence-electron chi connectivity index (χ1n) is 6.35. The Labute approximate surface area is 119 Å². The molecule has 0 radical (unpaired) electrons. The van der Waals surface area contributed by atoms with Gasteiger partial charge in [0.15, 0.2) is 0 Å². The molecule has 2 atom stereocenters. The van der Waals surface area contributed by atoms with E-state index in [1.165, 1.54) is 6.07 Å². The lowest BCUT2D eigenvalue weighted by Gasteiger charge is -2.27. The molecule has 1 fully saturated rings. The SMILES string of the molecule is C[C@@H]1C[C@H](CNS(=O)(=O)c2ccccc2Cl)CCO1. The number of nitrogens with one attached hydrogen (secondary N) is 1. The average molecular weight is 304 g/mol. The molecule has 19 heavy (non-hydrogen) atoms. The Morgan fingerprint density at radius 2 is 2.16 bits per heavy atom. The zero-order chi connectivity index (χ0) is 13.9. The van der Waals surface area contributed by atoms with Crippen molar-refractivity contribution in [1.29, 1.82) is 0 Å². The fourth-order valence-corrected chi connectivity index (χ4v) is 3.88. The minimum atomic E-state index is -3.53. The Bertz CT molecular complexity index is 532. The Balaban J connectivity index is 2.00. The Morgan fingerprint density at radius 1 is 1.42 bits per heavy atom. The zero-order valence-electron chi connectivity index (χ0n) is 10.8. The van der Waals surface area contributed by atoms with E-state index in [1.807, 2.05) is 6.92 Å². The molecular formula is C13H18ClNO3S. The molecule has 0 aliphatic carbocycles. The van der Waals surface area contributed by atoms with Crippen LogP contribution in [0.2, 0.25) is 5.02 Å². The van der Waals surface area contributed by atoms with Gasteiger partial charge in [-0.2, -0.15) is 0 Å². The van der Waals surface area contributed by atoms with Crippen LogP contribution in [0.15, 0.2) is 29.2 Å². The van der Waals surface area contributed by atoms with Crippen molar-refractivity contribution in [1.82, 2.24) is 4.72 Å². The van der Waals surface area contributed by atoms with Gasteiger partial charge in [-0.05, 0) is 37.8 Å². The number of ether oxygens (including phenoxy) is 1. The summed E-state index contributed by atoms with van der Waals surface area (Å²) < 4.78 is 32.4. The fraction of sp³-hybridized carbons (Fsp3) is 0.538. The quantitative estimate of drug-likeness (QED) is 0.929. The molecule has 1 aliphatic rings. The lowest BCUT2D eigenvalue weighted by molar-refractivity contribution is 0.00397. The number of halogens is 1. The van der Waals surface area contributed by atoms with Gasteiger partial charge in [-0.15, -0.1) is 0 Å². The van der Waals surface area contributed by atoms with E-state index in [-0.39, 0.29) is 16.0 Å². The highest BCUT2D eigenvalue weighted by Gasteiger charge is 2.23. The highest BCUT2D eigenvalue weighted by atomic mass is 35.5. The van der Waals surface area contributed by atoms with Crippen molar-refractivity contribution in [2.24, 2.45) is 5.92 Å². The van der Waals surface area contributed by atoms with E-state index < -0.39 is 10.0 Å². The van der Waals surface area contributed by atoms with Crippen LogP contribution in [-0.4, -0.2) is 27.7 Å². The second-order valence-electron chi connectivity index (χ2n) is 4.85. The fourth-order valence-electron chi connectivity index (χ4n) is 2.24. The molecule has 0 amide bonds. The highest BCUT2D eigenvalue weighted by Crippen LogP contribution is 2.22. The van der Waals surface area contributed by atoms with Crippen molar-refractivity contribution in [2.75, 3.05) is 13.2 Å². The van der Waals surface area contributed by atoms with Crippen LogP contribution in [0, 0.1) is 5.92 Å². The second kappa shape index (κ2) is 6.22. The Kier molecular flexibility index (Phi) is 4.84. The molecule has 0 aromatic heterocycles. The van der Waals surface area contributed by atoms with E-state index in [0.717, 1.165) is 12.8 Å². The normalized spacial score (nSPS) is 24.3. The third-order valence-corrected chi connectivity index (χ3v) is 5.21. The maximum Gasteiger partial charge on any atom is 0.242 e. The van der Waals surface area contributed by atoms with Crippen LogP contribution in [0.3, 0.4) is 0 Å². The predicted molar refractivity (Wildman–Crippen MR) is 74.8 cm³/mol. The van der Waals surface area contributed by atoms with Gasteiger partial charge in [0.25, 0.3) is 0 Å². The zero-order valence-corrected chi connectivity index (χ0v) is 12.4. The van der Waals surface area contributed by atoms with E-state index in [0.29, 0.717) is 19.1 Å². The Morgan fingerprint density at radius 3 is 2.84 bits per heavy atom. The van der Waals surface area contributed by atoms with Crippen LogP contribution in [0.1, 0.15) is 19.8 Å². The summed E-state index contributed by atoms with van der Waals surface area (Å²) in [5.41, 5.74) is 0. The molecule has 0 spiro atoms. The van der Waals surface area contributed by atoms with Crippen molar-refractivity contribution in [3.8, 4) is 0 Å². The number of hydrogen-bond acceptors (Lipinski definition) is 3. The van der Waals surface area contributed by atoms with E-state index in [4.69, 9.17) is 16.3 Å². The molecular weight excluding hydrogens is 286 g/mol. The lowest BCUT2D eigenvalue weighted by atomic mass is 9.97. The van der Waals surface area contributed by atoms with E-state index in [9.17, 15) is 8.42 Å². The third kappa shape index (κ3) is 3.92. The van der Waals surface area contributed by atoms with Gasteiger partial charge in [0, 0.05) is 13.2 Å². The van der Waals surface area contributed by atoms with Crippen LogP contribution in [0.25, 0.3) is 0 Å². The predicted octanol–water partition coefficient (Wildman–Crippen LogP) is 2.43. The first-order valence-corrected chi connectivity index (χ1v) is 8.21. The van der Waals surface area contributed by atoms with Gasteiger partial charge >= 0.3 is 0 Å². The first-order chi connectivity index (χ1) is 8.99. The number of hydrogen-bond donors (Lipinski definition) is 1. The summed E-state index contributed by atoms with van der Waals surface area (Å²) in [5, 5.41) is 0.246. The largest absolute Gasteiger partial charge is 0.378 e. The molecule has 106 valence electrons. The number of rotatable bonds is 4. The lowest BCUT2D eigenvalue weighted by Crippen LogP contribution is -2.34. The molecule has 0 unspecified atom stereocenters. The monoisotopic (exact) mass is 303 g/mol. The molecule has 1 aromatic carbocycles. The van der Waals surface area contributed by atoms with Crippen molar-refractivity contribution in [3.63, 3.8) is 0 Å². The van der Waals surface area contributed by atoms with E-state index >= 15 is 0 Å². The molecule has 1 saturated heterocycles. The first kappa shape index (κ1) is 14.8. The van der Waals surface area contributed by atoms with Crippen LogP contribution in [-0.2, 0) is 14.8 Å². The third-order valence-electron chi connectivity index (χ3n) is 3.28. The van der Waals surface area contributed by atoms with Gasteiger partial charge in [-0.3, -0.25) is 0 Å². The summed E-state index contributed by atoms with van der Waals surface area (Å²) in [6.07, 6.45) is 1.96. The molecule has 2 rings (SSSR count). The Hall–Kier alpha value is -0.620. The minimum absolute atomic E-state index is 0.136. The molecule has 1 N–H and O–H groups in total. The average Bonchev–Trinajstić information content (AvgIpc) is 2.37. The molecule has 1 aromatic rings. The van der Waals surface area contributed by atoms with Crippen molar-refractivity contribution < 1.29 is 13.2 Å². The summed E-state index contributed by atoms with van der Waals surface area (Å²) >= 11 is 5.91. The number of sulfonamides is 1. The molecule has 6 heteroatoms. The summed E-state index contributed by atoms with van der Waals surface area (Å²) in [4.78, 5) is 0.136. The smallest absolute Gasteiger partial charge is 0.242 e. The second-order valence-corrected chi connectivity index (χ2v) is 7.00. The van der Waals surface area contributed by atoms with E-state index in [1.54, 1.807) is 18.2 Å². The molecule has 4 nitrogen and oxygen atoms in total. The minimum Gasteiger partial charge on any atom is -0.378 e. The topological polar surface area (TPSA) is 55.4 Å². The van der Waals surface area contributed by atoms with Gasteiger partial charge in [-0.1, -0.05) is 23.7 Å². The van der Waals surface area contributed by atoms with Gasteiger partial charge in [0.05, 0.1) is 11.1 Å². The summed E-state index contributed by atoms with van der Waals surface area (Å²) in [5.74, 6) is 0.320. The van der Waals surface area contributed by atoms with Crippen molar-refractivity contribution in [2.45, 2.75) is 30.8 Å². The maximum absolute atomic E-state index is 12.2. The van der Waals surface area contributed by atoms with Gasteiger partial charge in [-0.25, -0.2) is 13.1 Å². The van der Waals surface area contributed by atoms with Crippen LogP contribution in [0.4, 0.5) is 0 Å². The standard InChI is InChI=1S/C13H18ClNO3S/c1-10-8-11(6-7-18-10)9-15-19(16,17)13-5-3-2-4-12(13)14/h2-5,10-11,15H,6-9H2,1H3/t10-,11-/m1/s1.